The number of pyridine rings is 1. The summed E-state index contributed by atoms with van der Waals surface area (Å²) in [5.41, 5.74) is 0.371. The Morgan fingerprint density at radius 3 is 2.56 bits per heavy atom. The normalized spacial score (nSPS) is 11.7. The zero-order valence-electron chi connectivity index (χ0n) is 14.3. The molecule has 25 heavy (non-hydrogen) atoms. The molecular formula is C16H20N2O5S2. The number of hydrogen-bond donors (Lipinski definition) is 0. The van der Waals surface area contributed by atoms with Crippen LogP contribution < -0.4 is 0 Å². The van der Waals surface area contributed by atoms with Crippen molar-refractivity contribution in [3.8, 4) is 0 Å². The van der Waals surface area contributed by atoms with Crippen molar-refractivity contribution in [2.24, 2.45) is 0 Å². The minimum absolute atomic E-state index is 0.161. The average molecular weight is 384 g/mol. The molecule has 0 aliphatic heterocycles. The number of aromatic nitrogens is 1. The first-order valence-corrected chi connectivity index (χ1v) is 10.1. The summed E-state index contributed by atoms with van der Waals surface area (Å²) in [7, 11) is -2.21. The minimum Gasteiger partial charge on any atom is -0.468 e. The first-order valence-electron chi connectivity index (χ1n) is 7.67. The van der Waals surface area contributed by atoms with Crippen molar-refractivity contribution in [1.29, 1.82) is 0 Å². The van der Waals surface area contributed by atoms with Gasteiger partial charge in [0.15, 0.2) is 0 Å². The molecule has 136 valence electrons. The highest BCUT2D eigenvalue weighted by Gasteiger charge is 2.22. The van der Waals surface area contributed by atoms with E-state index in [9.17, 15) is 13.2 Å². The topological polar surface area (TPSA) is 89.7 Å². The third kappa shape index (κ3) is 4.42. The van der Waals surface area contributed by atoms with E-state index in [1.54, 1.807) is 26.0 Å². The monoisotopic (exact) mass is 384 g/mol. The molecule has 2 heterocycles. The van der Waals surface area contributed by atoms with Gasteiger partial charge in [0.1, 0.15) is 16.2 Å². The Balaban J connectivity index is 2.09. The van der Waals surface area contributed by atoms with Crippen LogP contribution in [-0.2, 0) is 20.5 Å². The van der Waals surface area contributed by atoms with Crippen LogP contribution in [0.2, 0.25) is 0 Å². The summed E-state index contributed by atoms with van der Waals surface area (Å²) < 4.78 is 36.2. The fourth-order valence-electron chi connectivity index (χ4n) is 2.20. The van der Waals surface area contributed by atoms with Gasteiger partial charge in [-0.05, 0) is 18.2 Å². The Labute approximate surface area is 151 Å². The number of nitrogens with zero attached hydrogens (tertiary/aromatic N) is 2. The van der Waals surface area contributed by atoms with Gasteiger partial charge in [0.25, 0.3) is 0 Å². The van der Waals surface area contributed by atoms with E-state index in [2.05, 4.69) is 9.72 Å². The molecule has 0 unspecified atom stereocenters. The number of ether oxygens (including phenoxy) is 1. The number of methoxy groups -OCH3 is 1. The summed E-state index contributed by atoms with van der Waals surface area (Å²) in [6, 6.07) is 4.73. The van der Waals surface area contributed by atoms with Crippen molar-refractivity contribution >= 4 is 27.8 Å². The molecule has 0 amide bonds. The number of rotatable bonds is 8. The number of thioether (sulfide) groups is 1. The highest BCUT2D eigenvalue weighted by molar-refractivity contribution is 7.98. The van der Waals surface area contributed by atoms with Crippen molar-refractivity contribution in [2.75, 3.05) is 20.2 Å². The smallest absolute Gasteiger partial charge is 0.341 e. The molecule has 0 aliphatic carbocycles. The maximum atomic E-state index is 12.4. The van der Waals surface area contributed by atoms with Gasteiger partial charge < -0.3 is 9.15 Å². The van der Waals surface area contributed by atoms with E-state index < -0.39 is 16.0 Å². The van der Waals surface area contributed by atoms with Crippen LogP contribution in [0.5, 0.6) is 0 Å². The predicted octanol–water partition coefficient (Wildman–Crippen LogP) is 2.78. The lowest BCUT2D eigenvalue weighted by Crippen LogP contribution is -2.30. The third-order valence-electron chi connectivity index (χ3n) is 3.55. The van der Waals surface area contributed by atoms with Gasteiger partial charge in [-0.1, -0.05) is 25.6 Å². The Bertz CT molecular complexity index is 811. The maximum Gasteiger partial charge on any atom is 0.341 e. The van der Waals surface area contributed by atoms with Crippen LogP contribution >= 0.6 is 11.8 Å². The third-order valence-corrected chi connectivity index (χ3v) is 6.53. The number of sulfonamides is 1. The highest BCUT2D eigenvalue weighted by atomic mass is 32.2. The molecule has 2 aromatic rings. The molecule has 0 radical (unpaired) electrons. The molecule has 0 spiro atoms. The lowest BCUT2D eigenvalue weighted by atomic mass is 10.3. The fourth-order valence-corrected chi connectivity index (χ4v) is 4.40. The van der Waals surface area contributed by atoms with E-state index >= 15 is 0 Å². The lowest BCUT2D eigenvalue weighted by Gasteiger charge is -2.18. The maximum absolute atomic E-state index is 12.4. The molecular weight excluding hydrogens is 364 g/mol. The van der Waals surface area contributed by atoms with Crippen molar-refractivity contribution in [3.05, 3.63) is 42.0 Å². The van der Waals surface area contributed by atoms with E-state index in [1.807, 2.05) is 0 Å². The van der Waals surface area contributed by atoms with Crippen LogP contribution in [0.4, 0.5) is 0 Å². The van der Waals surface area contributed by atoms with Gasteiger partial charge in [-0.3, -0.25) is 0 Å². The average Bonchev–Trinajstić information content (AvgIpc) is 3.09. The molecule has 0 saturated carbocycles. The first kappa shape index (κ1) is 19.5. The summed E-state index contributed by atoms with van der Waals surface area (Å²) in [5.74, 6) is 0.406. The van der Waals surface area contributed by atoms with E-state index in [0.717, 1.165) is 0 Å². The van der Waals surface area contributed by atoms with Crippen LogP contribution in [-0.4, -0.2) is 43.9 Å². The second kappa shape index (κ2) is 8.50. The second-order valence-electron chi connectivity index (χ2n) is 4.96. The van der Waals surface area contributed by atoms with Gasteiger partial charge in [-0.2, -0.15) is 4.31 Å². The molecule has 0 aliphatic rings. The second-order valence-corrected chi connectivity index (χ2v) is 7.89. The SMILES string of the molecule is CCN(CC)S(=O)(=O)c1ccc(SCc2occc2C(=O)OC)nc1. The molecule has 9 heteroatoms. The molecule has 0 saturated heterocycles. The standard InChI is InChI=1S/C16H20N2O5S2/c1-4-18(5-2)25(20,21)12-6-7-15(17-10-12)24-11-14-13(8-9-23-14)16(19)22-3/h6-10H,4-5,11H2,1-3H3. The van der Waals surface area contributed by atoms with Gasteiger partial charge in [0.05, 0.1) is 24.2 Å². The van der Waals surface area contributed by atoms with E-state index in [4.69, 9.17) is 4.42 Å². The van der Waals surface area contributed by atoms with Crippen LogP contribution in [0.1, 0.15) is 30.0 Å². The molecule has 2 aromatic heterocycles. The lowest BCUT2D eigenvalue weighted by molar-refractivity contribution is 0.0598. The number of carbonyl (C=O) groups is 1. The first-order chi connectivity index (χ1) is 11.9. The molecule has 0 atom stereocenters. The summed E-state index contributed by atoms with van der Waals surface area (Å²) in [6.07, 6.45) is 2.77. The molecule has 0 bridgehead atoms. The zero-order chi connectivity index (χ0) is 18.4. The van der Waals surface area contributed by atoms with Crippen LogP contribution in [0.3, 0.4) is 0 Å². The quantitative estimate of drug-likeness (QED) is 0.510. The summed E-state index contributed by atoms with van der Waals surface area (Å²) in [5, 5.41) is 0.630. The van der Waals surface area contributed by atoms with Gasteiger partial charge in [0.2, 0.25) is 10.0 Å². The molecule has 0 N–H and O–H groups in total. The largest absolute Gasteiger partial charge is 0.468 e. The Kier molecular flexibility index (Phi) is 6.63. The molecule has 7 nitrogen and oxygen atoms in total. The fraction of sp³-hybridized carbons (Fsp3) is 0.375. The highest BCUT2D eigenvalue weighted by Crippen LogP contribution is 2.25. The zero-order valence-corrected chi connectivity index (χ0v) is 15.9. The Hall–Kier alpha value is -1.84. The Morgan fingerprint density at radius 2 is 2.00 bits per heavy atom. The van der Waals surface area contributed by atoms with E-state index in [0.29, 0.717) is 35.2 Å². The molecule has 0 aromatic carbocycles. The molecule has 0 fully saturated rings. The number of carbonyl (C=O) groups excluding carboxylic acids is 1. The van der Waals surface area contributed by atoms with Crippen LogP contribution in [0, 0.1) is 0 Å². The van der Waals surface area contributed by atoms with Gasteiger partial charge >= 0.3 is 5.97 Å². The number of esters is 1. The van der Waals surface area contributed by atoms with E-state index in [-0.39, 0.29) is 4.90 Å². The predicted molar refractivity (Wildman–Crippen MR) is 94.0 cm³/mol. The molecule has 2 rings (SSSR count). The van der Waals surface area contributed by atoms with Crippen molar-refractivity contribution in [2.45, 2.75) is 29.5 Å². The summed E-state index contributed by atoms with van der Waals surface area (Å²) in [6.45, 7) is 4.40. The summed E-state index contributed by atoms with van der Waals surface area (Å²) >= 11 is 1.34. The number of furan rings is 1. The van der Waals surface area contributed by atoms with Crippen LogP contribution in [0.25, 0.3) is 0 Å². The van der Waals surface area contributed by atoms with Gasteiger partial charge in [-0.15, -0.1) is 0 Å². The van der Waals surface area contributed by atoms with Crippen molar-refractivity contribution in [1.82, 2.24) is 9.29 Å². The summed E-state index contributed by atoms with van der Waals surface area (Å²) in [4.78, 5) is 16.0. The van der Waals surface area contributed by atoms with Crippen molar-refractivity contribution in [3.63, 3.8) is 0 Å². The number of hydrogen-bond acceptors (Lipinski definition) is 7. The Morgan fingerprint density at radius 1 is 1.28 bits per heavy atom. The minimum atomic E-state index is -3.52. The van der Waals surface area contributed by atoms with E-state index in [1.165, 1.54) is 41.7 Å². The van der Waals surface area contributed by atoms with Gasteiger partial charge in [0, 0.05) is 19.3 Å². The van der Waals surface area contributed by atoms with Crippen molar-refractivity contribution < 1.29 is 22.4 Å². The van der Waals surface area contributed by atoms with Gasteiger partial charge in [-0.25, -0.2) is 18.2 Å². The van der Waals surface area contributed by atoms with Crippen LogP contribution in [0.15, 0.2) is 45.0 Å².